The number of carbonyl (C=O) groups excluding carboxylic acids is 1. The molecular formula is C11H18N6O. The molecule has 0 bridgehead atoms. The highest BCUT2D eigenvalue weighted by molar-refractivity contribution is 5.84. The van der Waals surface area contributed by atoms with E-state index in [4.69, 9.17) is 11.5 Å². The Bertz CT molecular complexity index is 596. The minimum Gasteiger partial charge on any atom is -0.369 e. The van der Waals surface area contributed by atoms with Gasteiger partial charge in [0.15, 0.2) is 5.65 Å². The van der Waals surface area contributed by atoms with E-state index in [1.54, 1.807) is 16.2 Å². The maximum Gasteiger partial charge on any atom is 0.240 e. The molecular weight excluding hydrogens is 232 g/mol. The van der Waals surface area contributed by atoms with Crippen LogP contribution in [0.1, 0.15) is 32.0 Å². The van der Waals surface area contributed by atoms with Gasteiger partial charge in [-0.15, -0.1) is 0 Å². The Morgan fingerprint density at radius 1 is 1.50 bits per heavy atom. The van der Waals surface area contributed by atoms with Crippen molar-refractivity contribution >= 4 is 23.0 Å². The summed E-state index contributed by atoms with van der Waals surface area (Å²) in [5.74, 6) is -0.152. The summed E-state index contributed by atoms with van der Waals surface area (Å²) in [4.78, 5) is 15.6. The predicted molar refractivity (Wildman–Crippen MR) is 68.8 cm³/mol. The molecule has 2 rings (SSSR count). The second-order valence-electron chi connectivity index (χ2n) is 4.41. The third-order valence-corrected chi connectivity index (χ3v) is 3.05. The molecule has 18 heavy (non-hydrogen) atoms. The Balaban J connectivity index is 2.67. The molecule has 0 aliphatic heterocycles. The third-order valence-electron chi connectivity index (χ3n) is 3.05. The average molecular weight is 250 g/mol. The maximum absolute atomic E-state index is 11.3. The Kier molecular flexibility index (Phi) is 2.98. The van der Waals surface area contributed by atoms with Crippen LogP contribution in [0.25, 0.3) is 11.2 Å². The molecule has 7 nitrogen and oxygen atoms in total. The van der Waals surface area contributed by atoms with Crippen molar-refractivity contribution in [2.75, 3.05) is 5.73 Å². The molecule has 0 aromatic carbocycles. The lowest BCUT2D eigenvalue weighted by Crippen LogP contribution is -2.25. The number of nitrogen functional groups attached to an aromatic ring is 1. The van der Waals surface area contributed by atoms with Gasteiger partial charge >= 0.3 is 0 Å². The van der Waals surface area contributed by atoms with Crippen LogP contribution in [0.15, 0.2) is 0 Å². The monoisotopic (exact) mass is 250 g/mol. The summed E-state index contributed by atoms with van der Waals surface area (Å²) in [5, 5.41) is 4.41. The smallest absolute Gasteiger partial charge is 0.240 e. The fourth-order valence-corrected chi connectivity index (χ4v) is 2.13. The third kappa shape index (κ3) is 1.71. The molecule has 0 fully saturated rings. The molecule has 2 aromatic heterocycles. The van der Waals surface area contributed by atoms with Crippen LogP contribution >= 0.6 is 0 Å². The van der Waals surface area contributed by atoms with Crippen molar-refractivity contribution in [2.45, 2.75) is 32.7 Å². The van der Waals surface area contributed by atoms with Crippen LogP contribution in [0, 0.1) is 0 Å². The van der Waals surface area contributed by atoms with Crippen molar-refractivity contribution in [1.29, 1.82) is 0 Å². The molecule has 4 N–H and O–H groups in total. The number of aryl methyl sites for hydroxylation is 2. The van der Waals surface area contributed by atoms with Crippen LogP contribution in [0.3, 0.4) is 0 Å². The molecule has 2 heterocycles. The standard InChI is InChI=1S/C11H18N6O/c1-4-5-7-8-10(16(3)15-7)17(11(13)14-8)6(2)9(12)18/h6H,4-5H2,1-3H3,(H2,12,18)(H2,13,14). The molecule has 0 saturated heterocycles. The van der Waals surface area contributed by atoms with Gasteiger partial charge in [0, 0.05) is 7.05 Å². The minimum absolute atomic E-state index is 0.293. The number of aromatic nitrogens is 4. The number of nitrogens with two attached hydrogens (primary N) is 2. The van der Waals surface area contributed by atoms with E-state index >= 15 is 0 Å². The SMILES string of the molecule is CCCc1nn(C)c2c1nc(N)n2C(C)C(N)=O. The Morgan fingerprint density at radius 3 is 2.72 bits per heavy atom. The average Bonchev–Trinajstić information content (AvgIpc) is 2.77. The highest BCUT2D eigenvalue weighted by Gasteiger charge is 2.23. The maximum atomic E-state index is 11.3. The Hall–Kier alpha value is -2.05. The van der Waals surface area contributed by atoms with E-state index in [1.807, 2.05) is 7.05 Å². The van der Waals surface area contributed by atoms with Gasteiger partial charge in [0.05, 0.1) is 5.69 Å². The zero-order chi connectivity index (χ0) is 13.4. The summed E-state index contributed by atoms with van der Waals surface area (Å²) >= 11 is 0. The van der Waals surface area contributed by atoms with E-state index in [2.05, 4.69) is 17.0 Å². The van der Waals surface area contributed by atoms with Gasteiger partial charge in [-0.25, -0.2) is 4.98 Å². The van der Waals surface area contributed by atoms with Gasteiger partial charge < -0.3 is 11.5 Å². The molecule has 0 spiro atoms. The zero-order valence-corrected chi connectivity index (χ0v) is 10.8. The van der Waals surface area contributed by atoms with Crippen LogP contribution in [0.2, 0.25) is 0 Å². The van der Waals surface area contributed by atoms with Gasteiger partial charge in [0.2, 0.25) is 11.9 Å². The van der Waals surface area contributed by atoms with Crippen LogP contribution in [0.4, 0.5) is 5.95 Å². The number of imidazole rings is 1. The highest BCUT2D eigenvalue weighted by Crippen LogP contribution is 2.25. The normalized spacial score (nSPS) is 13.1. The molecule has 1 atom stereocenters. The van der Waals surface area contributed by atoms with Gasteiger partial charge in [-0.2, -0.15) is 5.10 Å². The largest absolute Gasteiger partial charge is 0.369 e. The molecule has 0 aliphatic carbocycles. The summed E-state index contributed by atoms with van der Waals surface area (Å²) in [7, 11) is 1.81. The van der Waals surface area contributed by atoms with Crippen LogP contribution in [0.5, 0.6) is 0 Å². The summed E-state index contributed by atoms with van der Waals surface area (Å²) in [5.41, 5.74) is 13.6. The lowest BCUT2D eigenvalue weighted by Gasteiger charge is -2.11. The first kappa shape index (κ1) is 12.4. The lowest BCUT2D eigenvalue weighted by atomic mass is 10.2. The van der Waals surface area contributed by atoms with Crippen molar-refractivity contribution in [1.82, 2.24) is 19.3 Å². The molecule has 0 radical (unpaired) electrons. The number of hydrogen-bond donors (Lipinski definition) is 2. The van der Waals surface area contributed by atoms with E-state index in [-0.39, 0.29) is 0 Å². The number of anilines is 1. The van der Waals surface area contributed by atoms with E-state index in [9.17, 15) is 4.79 Å². The van der Waals surface area contributed by atoms with Crippen molar-refractivity contribution in [3.63, 3.8) is 0 Å². The molecule has 1 amide bonds. The minimum atomic E-state index is -0.542. The van der Waals surface area contributed by atoms with Gasteiger partial charge in [0.25, 0.3) is 0 Å². The first-order valence-electron chi connectivity index (χ1n) is 5.96. The van der Waals surface area contributed by atoms with E-state index in [0.29, 0.717) is 5.95 Å². The summed E-state index contributed by atoms with van der Waals surface area (Å²) in [6, 6.07) is -0.542. The zero-order valence-electron chi connectivity index (χ0n) is 10.8. The van der Waals surface area contributed by atoms with Gasteiger partial charge in [-0.05, 0) is 13.3 Å². The number of primary amides is 1. The predicted octanol–water partition coefficient (Wildman–Crippen LogP) is 0.351. The number of carbonyl (C=O) groups is 1. The molecule has 0 saturated carbocycles. The molecule has 1 unspecified atom stereocenters. The van der Waals surface area contributed by atoms with Gasteiger partial charge in [-0.1, -0.05) is 13.3 Å². The van der Waals surface area contributed by atoms with Crippen LogP contribution in [-0.4, -0.2) is 25.2 Å². The van der Waals surface area contributed by atoms with E-state index in [0.717, 1.165) is 29.7 Å². The first-order valence-corrected chi connectivity index (χ1v) is 5.96. The van der Waals surface area contributed by atoms with E-state index in [1.165, 1.54) is 0 Å². The lowest BCUT2D eigenvalue weighted by molar-refractivity contribution is -0.120. The second kappa shape index (κ2) is 4.32. The summed E-state index contributed by atoms with van der Waals surface area (Å²) in [6.07, 6.45) is 1.81. The van der Waals surface area contributed by atoms with Gasteiger partial charge in [-0.3, -0.25) is 14.0 Å². The number of hydrogen-bond acceptors (Lipinski definition) is 4. The Labute approximate surface area is 105 Å². The van der Waals surface area contributed by atoms with Crippen LogP contribution < -0.4 is 11.5 Å². The summed E-state index contributed by atoms with van der Waals surface area (Å²) in [6.45, 7) is 3.78. The number of fused-ring (bicyclic) bond motifs is 1. The van der Waals surface area contributed by atoms with Crippen molar-refractivity contribution < 1.29 is 4.79 Å². The summed E-state index contributed by atoms with van der Waals surface area (Å²) < 4.78 is 3.33. The highest BCUT2D eigenvalue weighted by atomic mass is 16.1. The number of nitrogens with zero attached hydrogens (tertiary/aromatic N) is 4. The Morgan fingerprint density at radius 2 is 2.17 bits per heavy atom. The van der Waals surface area contributed by atoms with Crippen molar-refractivity contribution in [3.05, 3.63) is 5.69 Å². The fraction of sp³-hybridized carbons (Fsp3) is 0.545. The second-order valence-corrected chi connectivity index (χ2v) is 4.41. The van der Waals surface area contributed by atoms with Crippen LogP contribution in [-0.2, 0) is 18.3 Å². The number of amides is 1. The number of rotatable bonds is 4. The molecule has 98 valence electrons. The topological polar surface area (TPSA) is 105 Å². The molecule has 0 aliphatic rings. The van der Waals surface area contributed by atoms with Crippen molar-refractivity contribution in [3.8, 4) is 0 Å². The van der Waals surface area contributed by atoms with Crippen molar-refractivity contribution in [2.24, 2.45) is 12.8 Å². The van der Waals surface area contributed by atoms with Gasteiger partial charge in [0.1, 0.15) is 11.6 Å². The first-order chi connectivity index (χ1) is 8.47. The molecule has 7 heteroatoms. The molecule has 2 aromatic rings. The fourth-order valence-electron chi connectivity index (χ4n) is 2.13. The quantitative estimate of drug-likeness (QED) is 0.816. The van der Waals surface area contributed by atoms with E-state index < -0.39 is 11.9 Å².